The molecule has 6 heteroatoms. The molecule has 0 saturated carbocycles. The Hall–Kier alpha value is -1.59. The highest BCUT2D eigenvalue weighted by Gasteiger charge is 2.54. The molecular weight excluding hydrogens is 268 g/mol. The van der Waals surface area contributed by atoms with Gasteiger partial charge in [-0.15, -0.1) is 0 Å². The third-order valence-corrected chi connectivity index (χ3v) is 3.90. The van der Waals surface area contributed by atoms with E-state index < -0.39 is 11.6 Å². The Kier molecular flexibility index (Phi) is 2.76. The number of amides is 3. The van der Waals surface area contributed by atoms with Gasteiger partial charge in [0.2, 0.25) is 0 Å². The summed E-state index contributed by atoms with van der Waals surface area (Å²) in [5.41, 5.74) is 0.324. The first-order chi connectivity index (χ1) is 9.05. The highest BCUT2D eigenvalue weighted by atomic mass is 35.5. The fraction of sp³-hybridized carbons (Fsp3) is 0.385. The van der Waals surface area contributed by atoms with Crippen molar-refractivity contribution in [3.05, 3.63) is 28.8 Å². The van der Waals surface area contributed by atoms with Crippen LogP contribution < -0.4 is 10.2 Å². The molecular formula is C13H13ClN2O3. The summed E-state index contributed by atoms with van der Waals surface area (Å²) < 4.78 is 5.25. The van der Waals surface area contributed by atoms with Crippen molar-refractivity contribution in [2.24, 2.45) is 0 Å². The van der Waals surface area contributed by atoms with E-state index >= 15 is 0 Å². The first-order valence-corrected chi connectivity index (χ1v) is 6.42. The lowest BCUT2D eigenvalue weighted by atomic mass is 9.99. The zero-order valence-corrected chi connectivity index (χ0v) is 11.2. The summed E-state index contributed by atoms with van der Waals surface area (Å²) in [5.74, 6) is -0.286. The Morgan fingerprint density at radius 3 is 2.84 bits per heavy atom. The third-order valence-electron chi connectivity index (χ3n) is 3.60. The minimum Gasteiger partial charge on any atom is -0.378 e. The van der Waals surface area contributed by atoms with E-state index in [2.05, 4.69) is 5.32 Å². The molecule has 0 radical (unpaired) electrons. The van der Waals surface area contributed by atoms with Gasteiger partial charge in [-0.1, -0.05) is 23.7 Å². The minimum absolute atomic E-state index is 0.220. The quantitative estimate of drug-likeness (QED) is 0.799. The Labute approximate surface area is 115 Å². The molecule has 2 saturated heterocycles. The Morgan fingerprint density at radius 2 is 2.21 bits per heavy atom. The molecule has 0 bridgehead atoms. The van der Waals surface area contributed by atoms with E-state index in [0.717, 1.165) is 10.5 Å². The molecule has 100 valence electrons. The SMILES string of the molecule is Cc1cccc(Cl)c1N1C(=O)NC2(CCOC2)C1=O. The topological polar surface area (TPSA) is 58.6 Å². The molecule has 3 rings (SSSR count). The second-order valence-corrected chi connectivity index (χ2v) is 5.27. The van der Waals surface area contributed by atoms with Gasteiger partial charge >= 0.3 is 6.03 Å². The molecule has 0 aromatic heterocycles. The lowest BCUT2D eigenvalue weighted by molar-refractivity contribution is -0.122. The van der Waals surface area contributed by atoms with Crippen LogP contribution in [-0.2, 0) is 9.53 Å². The van der Waals surface area contributed by atoms with Crippen LogP contribution >= 0.6 is 11.6 Å². The number of nitrogens with zero attached hydrogens (tertiary/aromatic N) is 1. The number of para-hydroxylation sites is 1. The summed E-state index contributed by atoms with van der Waals surface area (Å²) in [5, 5.41) is 3.12. The van der Waals surface area contributed by atoms with Crippen molar-refractivity contribution < 1.29 is 14.3 Å². The van der Waals surface area contributed by atoms with E-state index in [4.69, 9.17) is 16.3 Å². The second kappa shape index (κ2) is 4.21. The van der Waals surface area contributed by atoms with Crippen molar-refractivity contribution in [1.29, 1.82) is 0 Å². The molecule has 1 unspecified atom stereocenters. The molecule has 2 heterocycles. The molecule has 1 N–H and O–H groups in total. The number of benzene rings is 1. The van der Waals surface area contributed by atoms with Crippen LogP contribution in [0, 0.1) is 6.92 Å². The van der Waals surface area contributed by atoms with Crippen LogP contribution in [0.2, 0.25) is 5.02 Å². The van der Waals surface area contributed by atoms with Gasteiger partial charge in [-0.25, -0.2) is 9.69 Å². The van der Waals surface area contributed by atoms with Gasteiger partial charge in [0.15, 0.2) is 0 Å². The van der Waals surface area contributed by atoms with Gasteiger partial charge in [0.05, 0.1) is 17.3 Å². The van der Waals surface area contributed by atoms with Gasteiger partial charge in [-0.2, -0.15) is 0 Å². The number of nitrogens with one attached hydrogen (secondary N) is 1. The van der Waals surface area contributed by atoms with E-state index in [0.29, 0.717) is 23.7 Å². The summed E-state index contributed by atoms with van der Waals surface area (Å²) in [4.78, 5) is 25.8. The Morgan fingerprint density at radius 1 is 1.42 bits per heavy atom. The van der Waals surface area contributed by atoms with Crippen LogP contribution in [0.5, 0.6) is 0 Å². The van der Waals surface area contributed by atoms with E-state index in [1.54, 1.807) is 12.1 Å². The van der Waals surface area contributed by atoms with Crippen LogP contribution in [0.1, 0.15) is 12.0 Å². The van der Waals surface area contributed by atoms with E-state index in [-0.39, 0.29) is 12.5 Å². The van der Waals surface area contributed by atoms with Gasteiger partial charge in [0, 0.05) is 13.0 Å². The van der Waals surface area contributed by atoms with Crippen LogP contribution in [0.4, 0.5) is 10.5 Å². The van der Waals surface area contributed by atoms with E-state index in [9.17, 15) is 9.59 Å². The molecule has 5 nitrogen and oxygen atoms in total. The van der Waals surface area contributed by atoms with Gasteiger partial charge in [-0.3, -0.25) is 4.79 Å². The number of hydrogen-bond donors (Lipinski definition) is 1. The van der Waals surface area contributed by atoms with Gasteiger partial charge in [0.1, 0.15) is 5.54 Å². The fourth-order valence-corrected chi connectivity index (χ4v) is 2.87. The molecule has 3 amide bonds. The zero-order valence-electron chi connectivity index (χ0n) is 10.4. The summed E-state index contributed by atoms with van der Waals surface area (Å²) in [7, 11) is 0. The number of rotatable bonds is 1. The molecule has 2 aliphatic rings. The number of imide groups is 1. The maximum atomic E-state index is 12.5. The normalized spacial score (nSPS) is 26.3. The van der Waals surface area contributed by atoms with Gasteiger partial charge in [-0.05, 0) is 18.6 Å². The summed E-state index contributed by atoms with van der Waals surface area (Å²) in [6.45, 7) is 2.51. The molecule has 19 heavy (non-hydrogen) atoms. The fourth-order valence-electron chi connectivity index (χ4n) is 2.56. The lowest BCUT2D eigenvalue weighted by Gasteiger charge is -2.20. The summed E-state index contributed by atoms with van der Waals surface area (Å²) >= 11 is 6.13. The standard InChI is InChI=1S/C13H13ClN2O3/c1-8-3-2-4-9(14)10(8)16-11(17)13(15-12(16)18)5-6-19-7-13/h2-4H,5-7H2,1H3,(H,15,18). The Bertz CT molecular complexity index is 547. The summed E-state index contributed by atoms with van der Waals surface area (Å²) in [6.07, 6.45) is 0.498. The highest BCUT2D eigenvalue weighted by Crippen LogP contribution is 2.36. The number of anilines is 1. The smallest absolute Gasteiger partial charge is 0.329 e. The number of ether oxygens (including phenoxy) is 1. The van der Waals surface area contributed by atoms with Crippen molar-refractivity contribution in [2.45, 2.75) is 18.9 Å². The van der Waals surface area contributed by atoms with Gasteiger partial charge in [0.25, 0.3) is 5.91 Å². The maximum absolute atomic E-state index is 12.5. The average Bonchev–Trinajstić information content (AvgIpc) is 2.90. The van der Waals surface area contributed by atoms with Crippen molar-refractivity contribution in [2.75, 3.05) is 18.1 Å². The highest BCUT2D eigenvalue weighted by molar-refractivity contribution is 6.36. The minimum atomic E-state index is -0.914. The van der Waals surface area contributed by atoms with Crippen LogP contribution in [0.3, 0.4) is 0 Å². The van der Waals surface area contributed by atoms with Crippen LogP contribution in [0.25, 0.3) is 0 Å². The molecule has 2 aliphatic heterocycles. The van der Waals surface area contributed by atoms with Crippen molar-refractivity contribution in [1.82, 2.24) is 5.32 Å². The zero-order chi connectivity index (χ0) is 13.6. The molecule has 1 aromatic carbocycles. The predicted molar refractivity (Wildman–Crippen MR) is 70.4 cm³/mol. The van der Waals surface area contributed by atoms with Crippen molar-refractivity contribution >= 4 is 29.2 Å². The van der Waals surface area contributed by atoms with Crippen molar-refractivity contribution in [3.63, 3.8) is 0 Å². The van der Waals surface area contributed by atoms with E-state index in [1.807, 2.05) is 13.0 Å². The van der Waals surface area contributed by atoms with Crippen molar-refractivity contribution in [3.8, 4) is 0 Å². The monoisotopic (exact) mass is 280 g/mol. The summed E-state index contributed by atoms with van der Waals surface area (Å²) in [6, 6.07) is 4.83. The molecule has 0 aliphatic carbocycles. The van der Waals surface area contributed by atoms with Crippen LogP contribution in [0.15, 0.2) is 18.2 Å². The molecule has 2 fully saturated rings. The number of carbonyl (C=O) groups excluding carboxylic acids is 2. The van der Waals surface area contributed by atoms with Gasteiger partial charge < -0.3 is 10.1 Å². The first-order valence-electron chi connectivity index (χ1n) is 6.05. The largest absolute Gasteiger partial charge is 0.378 e. The molecule has 1 spiro atoms. The molecule has 1 atom stereocenters. The number of halogens is 1. The van der Waals surface area contributed by atoms with Crippen LogP contribution in [-0.4, -0.2) is 30.7 Å². The van der Waals surface area contributed by atoms with E-state index in [1.165, 1.54) is 0 Å². The number of aryl methyl sites for hydroxylation is 1. The first kappa shape index (κ1) is 12.4. The average molecular weight is 281 g/mol. The predicted octanol–water partition coefficient (Wildman–Crippen LogP) is 1.86. The maximum Gasteiger partial charge on any atom is 0.329 e. The third kappa shape index (κ3) is 1.73. The number of carbonyl (C=O) groups is 2. The molecule has 1 aromatic rings. The second-order valence-electron chi connectivity index (χ2n) is 4.86. The lowest BCUT2D eigenvalue weighted by Crippen LogP contribution is -2.47. The Balaban J connectivity index is 2.06. The number of urea groups is 1. The number of hydrogen-bond acceptors (Lipinski definition) is 3.